The zero-order chi connectivity index (χ0) is 46.6. The second-order valence-corrected chi connectivity index (χ2v) is 18.1. The maximum Gasteiger partial charge on any atom is 0.434 e. The van der Waals surface area contributed by atoms with Crippen molar-refractivity contribution in [1.82, 2.24) is 20.0 Å². The van der Waals surface area contributed by atoms with Crippen LogP contribution in [0.1, 0.15) is 62.5 Å². The molecule has 0 aliphatic carbocycles. The number of amides is 1. The number of benzene rings is 2. The van der Waals surface area contributed by atoms with Crippen LogP contribution < -0.4 is 15.1 Å². The fourth-order valence-corrected chi connectivity index (χ4v) is 9.18. The lowest BCUT2D eigenvalue weighted by Gasteiger charge is -2.53. The predicted molar refractivity (Wildman–Crippen MR) is 215 cm³/mol. The highest BCUT2D eigenvalue weighted by atomic mass is 19.4. The Hall–Kier alpha value is -3.69. The molecule has 0 aromatic heterocycles. The van der Waals surface area contributed by atoms with Gasteiger partial charge in [-0.15, -0.1) is 0 Å². The molecule has 2 aromatic rings. The first kappa shape index (κ1) is 49.7. The van der Waals surface area contributed by atoms with Crippen molar-refractivity contribution in [2.24, 2.45) is 10.8 Å². The summed E-state index contributed by atoms with van der Waals surface area (Å²) in [4.78, 5) is 22.6. The molecule has 64 heavy (non-hydrogen) atoms. The molecule has 6 fully saturated rings. The quantitative estimate of drug-likeness (QED) is 0.268. The van der Waals surface area contributed by atoms with Crippen LogP contribution in [-0.4, -0.2) is 141 Å². The number of hydrogen-bond donors (Lipinski definition) is 2. The fourth-order valence-electron chi connectivity index (χ4n) is 9.18. The largest absolute Gasteiger partial charge is 0.434 e. The monoisotopic (exact) mass is 932 g/mol. The van der Waals surface area contributed by atoms with Crippen LogP contribution in [0.3, 0.4) is 0 Å². The predicted octanol–water partition coefficient (Wildman–Crippen LogP) is 8.76. The molecule has 9 nitrogen and oxygen atoms in total. The number of anilines is 2. The summed E-state index contributed by atoms with van der Waals surface area (Å²) >= 11 is 0. The minimum Gasteiger partial charge on any atom is -0.426 e. The van der Waals surface area contributed by atoms with Gasteiger partial charge in [-0.1, -0.05) is 24.3 Å². The lowest BCUT2D eigenvalue weighted by molar-refractivity contribution is -0.310. The summed E-state index contributed by atoms with van der Waals surface area (Å²) < 4.78 is 145. The molecule has 0 atom stereocenters. The van der Waals surface area contributed by atoms with Crippen LogP contribution in [0.4, 0.5) is 68.9 Å². The van der Waals surface area contributed by atoms with Gasteiger partial charge in [-0.05, 0) is 118 Å². The summed E-state index contributed by atoms with van der Waals surface area (Å²) in [6.45, 7) is 13.4. The van der Waals surface area contributed by atoms with E-state index in [9.17, 15) is 57.5 Å². The Labute approximate surface area is 364 Å². The van der Waals surface area contributed by atoms with Crippen LogP contribution in [0, 0.1) is 10.8 Å². The second-order valence-electron chi connectivity index (χ2n) is 18.1. The van der Waals surface area contributed by atoms with E-state index in [0.29, 0.717) is 5.41 Å². The Bertz CT molecular complexity index is 1740. The van der Waals surface area contributed by atoms with Gasteiger partial charge >= 0.3 is 30.8 Å². The average molecular weight is 933 g/mol. The van der Waals surface area contributed by atoms with Crippen molar-refractivity contribution < 1.29 is 67.3 Å². The highest BCUT2D eigenvalue weighted by molar-refractivity contribution is 5.69. The van der Waals surface area contributed by atoms with Gasteiger partial charge in [0.25, 0.3) is 6.10 Å². The normalized spacial score (nSPS) is 21.6. The molecule has 0 bridgehead atoms. The molecule has 8 rings (SSSR count). The summed E-state index contributed by atoms with van der Waals surface area (Å²) in [6, 6.07) is 17.8. The minimum absolute atomic E-state index is 0.118. The number of rotatable bonds is 7. The van der Waals surface area contributed by atoms with Crippen molar-refractivity contribution in [3.05, 3.63) is 59.7 Å². The van der Waals surface area contributed by atoms with Crippen molar-refractivity contribution in [2.75, 3.05) is 88.3 Å². The van der Waals surface area contributed by atoms with Gasteiger partial charge in [0, 0.05) is 82.2 Å². The maximum atomic E-state index is 12.6. The number of piperidine rings is 2. The van der Waals surface area contributed by atoms with E-state index in [1.165, 1.54) is 100 Å². The highest BCUT2D eigenvalue weighted by Gasteiger charge is 2.61. The highest BCUT2D eigenvalue weighted by Crippen LogP contribution is 2.43. The van der Waals surface area contributed by atoms with Gasteiger partial charge in [-0.2, -0.15) is 52.7 Å². The summed E-state index contributed by atoms with van der Waals surface area (Å²) in [6.07, 6.45) is -23.2. The number of carbonyl (C=O) groups excluding carboxylic acids is 1. The number of alkyl halides is 12. The molecule has 2 aromatic carbocycles. The smallest absolute Gasteiger partial charge is 0.426 e. The number of nitrogens with zero attached hydrogens (tertiary/aromatic N) is 5. The fraction of sp³-hybridized carbons (Fsp3) is 0.698. The Balaban J connectivity index is 0.000000186. The lowest BCUT2D eigenvalue weighted by atomic mass is 9.72. The third-order valence-electron chi connectivity index (χ3n) is 13.2. The Kier molecular flexibility index (Phi) is 15.6. The number of likely N-dealkylation sites (tertiary alicyclic amines) is 3. The van der Waals surface area contributed by atoms with Crippen molar-refractivity contribution in [3.8, 4) is 0 Å². The first-order valence-electron chi connectivity index (χ1n) is 21.7. The minimum atomic E-state index is -5.70. The SMILES string of the molecule is O=C(OC(C(F)(F)F)C(F)(F)F)N1CC2(CCN(Cc3ccc(N4CCCC4)cc3)CC2)C1.OC(C(F)(F)F)C(F)(F)F.c1cc(N2CCCC2)ccc1CN1CCC2(CC1)CNC2. The molecule has 6 saturated heterocycles. The van der Waals surface area contributed by atoms with Gasteiger partial charge in [0.15, 0.2) is 0 Å². The second kappa shape index (κ2) is 20.0. The zero-order valence-electron chi connectivity index (χ0n) is 35.4. The Morgan fingerprint density at radius 1 is 0.562 bits per heavy atom. The molecule has 360 valence electrons. The van der Waals surface area contributed by atoms with Crippen molar-refractivity contribution in [2.45, 2.75) is 101 Å². The summed E-state index contributed by atoms with van der Waals surface area (Å²) in [5, 5.41) is 10.9. The van der Waals surface area contributed by atoms with E-state index < -0.39 is 43.0 Å². The molecular weight excluding hydrogens is 876 g/mol. The molecule has 0 saturated carbocycles. The van der Waals surface area contributed by atoms with Crippen LogP contribution in [0.2, 0.25) is 0 Å². The van der Waals surface area contributed by atoms with Crippen LogP contribution in [-0.2, 0) is 17.8 Å². The van der Waals surface area contributed by atoms with Gasteiger partial charge in [0.1, 0.15) is 0 Å². The van der Waals surface area contributed by atoms with Crippen molar-refractivity contribution in [1.29, 1.82) is 0 Å². The van der Waals surface area contributed by atoms with Gasteiger partial charge in [0.05, 0.1) is 0 Å². The number of ether oxygens (including phenoxy) is 1. The molecule has 21 heteroatoms. The van der Waals surface area contributed by atoms with Crippen LogP contribution in [0.15, 0.2) is 48.5 Å². The van der Waals surface area contributed by atoms with Crippen LogP contribution in [0.5, 0.6) is 0 Å². The number of halogens is 12. The Morgan fingerprint density at radius 2 is 0.922 bits per heavy atom. The number of aliphatic hydroxyl groups excluding tert-OH is 1. The van der Waals surface area contributed by atoms with Crippen molar-refractivity contribution in [3.63, 3.8) is 0 Å². The van der Waals surface area contributed by atoms with Gasteiger partial charge < -0.3 is 29.9 Å². The summed E-state index contributed by atoms with van der Waals surface area (Å²) in [7, 11) is 0. The average Bonchev–Trinajstić information content (AvgIpc) is 3.95. The molecular formula is C43H56F12N6O3. The van der Waals surface area contributed by atoms with E-state index in [0.717, 1.165) is 57.0 Å². The molecule has 2 N–H and O–H groups in total. The number of nitrogens with one attached hydrogen (secondary N) is 1. The molecule has 0 radical (unpaired) electrons. The molecule has 1 amide bonds. The maximum absolute atomic E-state index is 12.6. The molecule has 6 aliphatic rings. The summed E-state index contributed by atoms with van der Waals surface area (Å²) in [5.41, 5.74) is 5.71. The third kappa shape index (κ3) is 13.2. The number of carbonyl (C=O) groups is 1. The first-order chi connectivity index (χ1) is 29.9. The van der Waals surface area contributed by atoms with E-state index in [2.05, 4.69) is 78.2 Å². The number of aliphatic hydroxyl groups is 1. The van der Waals surface area contributed by atoms with Crippen LogP contribution in [0.25, 0.3) is 0 Å². The molecule has 2 spiro atoms. The Morgan fingerprint density at radius 3 is 1.22 bits per heavy atom. The third-order valence-corrected chi connectivity index (χ3v) is 13.2. The summed E-state index contributed by atoms with van der Waals surface area (Å²) in [5.74, 6) is 0. The van der Waals surface area contributed by atoms with E-state index in [1.807, 2.05) is 0 Å². The van der Waals surface area contributed by atoms with E-state index in [1.54, 1.807) is 0 Å². The van der Waals surface area contributed by atoms with Gasteiger partial charge in [-0.3, -0.25) is 9.80 Å². The zero-order valence-corrected chi connectivity index (χ0v) is 35.4. The standard InChI is InChI=1S/C22H27F6N3O2.C18H27N3.C3H2F6O/c23-21(24,25)18(22(26,27)28)33-19(32)31-14-20(15-31)7-11-29(12-8-20)13-16-3-5-17(6-4-16)30-9-1-2-10-30;1-2-10-21(9-1)17-5-3-16(4-6-17)13-20-11-7-18(8-12-20)14-19-15-18;4-2(5,6)1(10)3(7,8)9/h3-6,18H,1-2,7-15H2;3-6,19H,1-2,7-15H2;1,10H. The molecule has 6 heterocycles. The van der Waals surface area contributed by atoms with E-state index in [4.69, 9.17) is 5.11 Å². The van der Waals surface area contributed by atoms with Gasteiger partial charge in [-0.25, -0.2) is 4.79 Å². The topological polar surface area (TPSA) is 74.8 Å². The molecule has 6 aliphatic heterocycles. The van der Waals surface area contributed by atoms with Crippen LogP contribution >= 0.6 is 0 Å². The van der Waals surface area contributed by atoms with Gasteiger partial charge in [0.2, 0.25) is 6.10 Å². The first-order valence-corrected chi connectivity index (χ1v) is 21.7. The number of hydrogen-bond acceptors (Lipinski definition) is 8. The van der Waals surface area contributed by atoms with E-state index in [-0.39, 0.29) is 18.5 Å². The van der Waals surface area contributed by atoms with Crippen molar-refractivity contribution >= 4 is 17.5 Å². The van der Waals surface area contributed by atoms with E-state index >= 15 is 0 Å². The lowest BCUT2D eigenvalue weighted by Crippen LogP contribution is -2.62. The molecule has 0 unspecified atom stereocenters.